The molecule has 1 unspecified atom stereocenters. The number of likely N-dealkylation sites (tertiary alicyclic amines) is 1. The molecule has 1 fully saturated rings. The average molecular weight is 394 g/mol. The van der Waals surface area contributed by atoms with E-state index in [0.29, 0.717) is 25.4 Å². The Morgan fingerprint density at radius 2 is 1.97 bits per heavy atom. The molecular formula is C23H23FN2O3. The highest BCUT2D eigenvalue weighted by molar-refractivity contribution is 5.78. The molecule has 1 aliphatic rings. The van der Waals surface area contributed by atoms with E-state index < -0.39 is 5.82 Å². The molecule has 3 aromatic rings. The lowest BCUT2D eigenvalue weighted by Crippen LogP contribution is -2.41. The van der Waals surface area contributed by atoms with E-state index in [0.717, 1.165) is 18.6 Å². The van der Waals surface area contributed by atoms with Crippen molar-refractivity contribution in [2.24, 2.45) is 0 Å². The van der Waals surface area contributed by atoms with Gasteiger partial charge in [-0.1, -0.05) is 42.5 Å². The van der Waals surface area contributed by atoms with Crippen LogP contribution in [0.25, 0.3) is 0 Å². The van der Waals surface area contributed by atoms with Crippen LogP contribution in [0.15, 0.2) is 65.2 Å². The lowest BCUT2D eigenvalue weighted by atomic mass is 9.98. The Morgan fingerprint density at radius 1 is 1.17 bits per heavy atom. The summed E-state index contributed by atoms with van der Waals surface area (Å²) in [5.41, 5.74) is 1.17. The Morgan fingerprint density at radius 3 is 2.79 bits per heavy atom. The number of carbonyl (C=O) groups is 1. The van der Waals surface area contributed by atoms with Gasteiger partial charge in [0.2, 0.25) is 0 Å². The first-order valence-corrected chi connectivity index (χ1v) is 9.82. The Bertz CT molecular complexity index is 958. The number of rotatable bonds is 6. The van der Waals surface area contributed by atoms with Crippen LogP contribution >= 0.6 is 0 Å². The smallest absolute Gasteiger partial charge is 0.260 e. The molecule has 0 spiro atoms. The van der Waals surface area contributed by atoms with Crippen molar-refractivity contribution in [1.82, 2.24) is 9.88 Å². The largest absolute Gasteiger partial charge is 0.481 e. The van der Waals surface area contributed by atoms with Gasteiger partial charge in [-0.05, 0) is 30.5 Å². The first-order valence-electron chi connectivity index (χ1n) is 9.82. The van der Waals surface area contributed by atoms with Crippen molar-refractivity contribution in [2.75, 3.05) is 19.7 Å². The van der Waals surface area contributed by atoms with E-state index in [1.54, 1.807) is 23.2 Å². The fraction of sp³-hybridized carbons (Fsp3) is 0.304. The molecule has 1 atom stereocenters. The van der Waals surface area contributed by atoms with Gasteiger partial charge >= 0.3 is 0 Å². The van der Waals surface area contributed by atoms with Crippen LogP contribution in [0, 0.1) is 5.82 Å². The second-order valence-corrected chi connectivity index (χ2v) is 7.23. The molecule has 2 aromatic carbocycles. The summed E-state index contributed by atoms with van der Waals surface area (Å²) in [5, 5.41) is 0. The monoisotopic (exact) mass is 394 g/mol. The zero-order valence-corrected chi connectivity index (χ0v) is 16.1. The number of benzene rings is 2. The maximum atomic E-state index is 13.7. The second kappa shape index (κ2) is 8.90. The molecule has 6 heteroatoms. The normalized spacial score (nSPS) is 16.6. The van der Waals surface area contributed by atoms with Gasteiger partial charge in [-0.25, -0.2) is 9.37 Å². The molecule has 2 heterocycles. The molecule has 1 aliphatic heterocycles. The first-order chi connectivity index (χ1) is 14.2. The average Bonchev–Trinajstić information content (AvgIpc) is 3.22. The molecule has 0 bridgehead atoms. The zero-order chi connectivity index (χ0) is 20.1. The van der Waals surface area contributed by atoms with Gasteiger partial charge in [0.1, 0.15) is 5.76 Å². The van der Waals surface area contributed by atoms with Crippen molar-refractivity contribution in [3.63, 3.8) is 0 Å². The molecule has 0 aliphatic carbocycles. The third kappa shape index (κ3) is 4.83. The van der Waals surface area contributed by atoms with Gasteiger partial charge in [0.25, 0.3) is 5.91 Å². The van der Waals surface area contributed by atoms with Crippen LogP contribution in [0.5, 0.6) is 5.75 Å². The standard InChI is InChI=1S/C23H23FN2O3/c24-20-10-4-5-11-21(20)28-16-22(27)26-12-6-9-18(15-26)23-25-14-19(29-23)13-17-7-2-1-3-8-17/h1-5,7-8,10-11,14,18H,6,9,12-13,15-16H2. The minimum absolute atomic E-state index is 0.0608. The Hall–Kier alpha value is -3.15. The zero-order valence-electron chi connectivity index (χ0n) is 16.1. The number of oxazole rings is 1. The van der Waals surface area contributed by atoms with Gasteiger partial charge in [0.05, 0.1) is 12.1 Å². The van der Waals surface area contributed by atoms with Crippen LogP contribution in [0.1, 0.15) is 36.0 Å². The molecule has 0 radical (unpaired) electrons. The van der Waals surface area contributed by atoms with Gasteiger partial charge in [-0.2, -0.15) is 0 Å². The molecule has 0 N–H and O–H groups in total. The Labute approximate surface area is 169 Å². The molecule has 4 rings (SSSR count). The van der Waals surface area contributed by atoms with E-state index in [1.165, 1.54) is 17.7 Å². The van der Waals surface area contributed by atoms with Crippen molar-refractivity contribution in [2.45, 2.75) is 25.2 Å². The maximum Gasteiger partial charge on any atom is 0.260 e. The van der Waals surface area contributed by atoms with Gasteiger partial charge in [0, 0.05) is 19.5 Å². The molecule has 1 saturated heterocycles. The van der Waals surface area contributed by atoms with Crippen molar-refractivity contribution in [3.8, 4) is 5.75 Å². The number of hydrogen-bond donors (Lipinski definition) is 0. The van der Waals surface area contributed by atoms with E-state index in [-0.39, 0.29) is 24.2 Å². The summed E-state index contributed by atoms with van der Waals surface area (Å²) in [7, 11) is 0. The predicted octanol–water partition coefficient (Wildman–Crippen LogP) is 4.19. The van der Waals surface area contributed by atoms with Crippen LogP contribution < -0.4 is 4.74 Å². The molecule has 150 valence electrons. The fourth-order valence-corrected chi connectivity index (χ4v) is 3.59. The fourth-order valence-electron chi connectivity index (χ4n) is 3.59. The van der Waals surface area contributed by atoms with E-state index >= 15 is 0 Å². The number of amides is 1. The molecular weight excluding hydrogens is 371 g/mol. The highest BCUT2D eigenvalue weighted by Gasteiger charge is 2.28. The van der Waals surface area contributed by atoms with Gasteiger partial charge < -0.3 is 14.1 Å². The minimum atomic E-state index is -0.470. The number of hydrogen-bond acceptors (Lipinski definition) is 4. The van der Waals surface area contributed by atoms with Crippen LogP contribution in [0.2, 0.25) is 0 Å². The van der Waals surface area contributed by atoms with Gasteiger partial charge in [-0.15, -0.1) is 0 Å². The van der Waals surface area contributed by atoms with Crippen molar-refractivity contribution in [3.05, 3.63) is 83.8 Å². The summed E-state index contributed by atoms with van der Waals surface area (Å²) in [5.74, 6) is 1.01. The molecule has 29 heavy (non-hydrogen) atoms. The summed E-state index contributed by atoms with van der Waals surface area (Å²) in [6.07, 6.45) is 4.25. The maximum absolute atomic E-state index is 13.7. The van der Waals surface area contributed by atoms with E-state index in [9.17, 15) is 9.18 Å². The minimum Gasteiger partial charge on any atom is -0.481 e. The van der Waals surface area contributed by atoms with E-state index in [2.05, 4.69) is 17.1 Å². The van der Waals surface area contributed by atoms with Crippen LogP contribution in [0.4, 0.5) is 4.39 Å². The topological polar surface area (TPSA) is 55.6 Å². The van der Waals surface area contributed by atoms with Gasteiger partial charge in [-0.3, -0.25) is 4.79 Å². The predicted molar refractivity (Wildman–Crippen MR) is 106 cm³/mol. The number of carbonyl (C=O) groups excluding carboxylic acids is 1. The summed E-state index contributed by atoms with van der Waals surface area (Å²) in [4.78, 5) is 18.7. The SMILES string of the molecule is O=C(COc1ccccc1F)N1CCCC(c2ncc(Cc3ccccc3)o2)C1. The summed E-state index contributed by atoms with van der Waals surface area (Å²) >= 11 is 0. The van der Waals surface area contributed by atoms with Crippen LogP contribution in [0.3, 0.4) is 0 Å². The molecule has 5 nitrogen and oxygen atoms in total. The summed E-state index contributed by atoms with van der Waals surface area (Å²) < 4.78 is 25.0. The number of para-hydroxylation sites is 1. The highest BCUT2D eigenvalue weighted by atomic mass is 19.1. The van der Waals surface area contributed by atoms with Crippen LogP contribution in [-0.2, 0) is 11.2 Å². The third-order valence-corrected chi connectivity index (χ3v) is 5.10. The highest BCUT2D eigenvalue weighted by Crippen LogP contribution is 2.27. The number of nitrogens with zero attached hydrogens (tertiary/aromatic N) is 2. The lowest BCUT2D eigenvalue weighted by molar-refractivity contribution is -0.134. The summed E-state index contributed by atoms with van der Waals surface area (Å²) in [6.45, 7) is 1.01. The Balaban J connectivity index is 1.34. The second-order valence-electron chi connectivity index (χ2n) is 7.23. The number of ether oxygens (including phenoxy) is 1. The molecule has 1 amide bonds. The first kappa shape index (κ1) is 19.2. The van der Waals surface area contributed by atoms with Crippen molar-refractivity contribution in [1.29, 1.82) is 0 Å². The van der Waals surface area contributed by atoms with Crippen molar-refractivity contribution < 1.29 is 18.3 Å². The number of piperidine rings is 1. The van der Waals surface area contributed by atoms with Gasteiger partial charge in [0.15, 0.2) is 24.1 Å². The number of halogens is 1. The lowest BCUT2D eigenvalue weighted by Gasteiger charge is -2.31. The molecule has 1 aromatic heterocycles. The Kier molecular flexibility index (Phi) is 5.89. The third-order valence-electron chi connectivity index (χ3n) is 5.10. The van der Waals surface area contributed by atoms with E-state index in [1.807, 2.05) is 18.2 Å². The molecule has 0 saturated carbocycles. The summed E-state index contributed by atoms with van der Waals surface area (Å²) in [6, 6.07) is 16.2. The number of aromatic nitrogens is 1. The van der Waals surface area contributed by atoms with Crippen LogP contribution in [-0.4, -0.2) is 35.5 Å². The van der Waals surface area contributed by atoms with Crippen molar-refractivity contribution >= 4 is 5.91 Å². The quantitative estimate of drug-likeness (QED) is 0.629. The van der Waals surface area contributed by atoms with E-state index in [4.69, 9.17) is 9.15 Å².